The molecule has 1 N–H and O–H groups in total. The predicted octanol–water partition coefficient (Wildman–Crippen LogP) is 2.16. The van der Waals surface area contributed by atoms with Crippen molar-refractivity contribution in [3.8, 4) is 0 Å². The Kier molecular flexibility index (Phi) is 4.35. The molecule has 0 spiro atoms. The first-order valence-electron chi connectivity index (χ1n) is 5.53. The van der Waals surface area contributed by atoms with Crippen molar-refractivity contribution in [1.82, 2.24) is 14.5 Å². The monoisotopic (exact) mass is 263 g/mol. The number of pyridine rings is 1. The lowest BCUT2D eigenvalue weighted by Crippen LogP contribution is -1.98. The number of hydrogen-bond donors (Lipinski definition) is 1. The van der Waals surface area contributed by atoms with Gasteiger partial charge in [0.05, 0.1) is 16.9 Å². The van der Waals surface area contributed by atoms with Crippen molar-refractivity contribution in [2.24, 2.45) is 0 Å². The van der Waals surface area contributed by atoms with Crippen LogP contribution in [0, 0.1) is 0 Å². The number of nitrogens with zero attached hydrogens (tertiary/aromatic N) is 3. The normalized spacial score (nSPS) is 10.4. The van der Waals surface area contributed by atoms with E-state index in [1.54, 1.807) is 36.4 Å². The molecule has 2 rings (SSSR count). The summed E-state index contributed by atoms with van der Waals surface area (Å²) in [6.07, 6.45) is 7.90. The lowest BCUT2D eigenvalue weighted by atomic mass is 10.3. The average Bonchev–Trinajstić information content (AvgIpc) is 2.88. The summed E-state index contributed by atoms with van der Waals surface area (Å²) in [6.45, 7) is 0.931. The van der Waals surface area contributed by atoms with E-state index in [0.29, 0.717) is 0 Å². The van der Waals surface area contributed by atoms with E-state index in [1.165, 1.54) is 6.20 Å². The van der Waals surface area contributed by atoms with Crippen LogP contribution in [0.5, 0.6) is 0 Å². The van der Waals surface area contributed by atoms with Gasteiger partial charge < -0.3 is 9.67 Å². The Hall–Kier alpha value is -1.82. The smallest absolute Gasteiger partial charge is 0.337 e. The van der Waals surface area contributed by atoms with E-state index in [9.17, 15) is 4.79 Å². The second-order valence-corrected chi connectivity index (χ2v) is 4.81. The highest BCUT2D eigenvalue weighted by Gasteiger charge is 2.03. The van der Waals surface area contributed by atoms with E-state index >= 15 is 0 Å². The largest absolute Gasteiger partial charge is 0.478 e. The summed E-state index contributed by atoms with van der Waals surface area (Å²) >= 11 is 1.62. The third-order valence-corrected chi connectivity index (χ3v) is 3.38. The highest BCUT2D eigenvalue weighted by Crippen LogP contribution is 2.16. The van der Waals surface area contributed by atoms with Crippen LogP contribution in [0.1, 0.15) is 16.8 Å². The molecule has 5 nitrogen and oxygen atoms in total. The molecule has 6 heteroatoms. The molecule has 0 fully saturated rings. The molecule has 18 heavy (non-hydrogen) atoms. The van der Waals surface area contributed by atoms with E-state index in [1.807, 2.05) is 10.8 Å². The molecule has 0 aliphatic carbocycles. The zero-order valence-electron chi connectivity index (χ0n) is 9.69. The van der Waals surface area contributed by atoms with Gasteiger partial charge in [0.1, 0.15) is 0 Å². The number of carbonyl (C=O) groups is 1. The van der Waals surface area contributed by atoms with Crippen molar-refractivity contribution in [3.05, 3.63) is 42.6 Å². The number of imidazole rings is 1. The molecule has 0 amide bonds. The van der Waals surface area contributed by atoms with Crippen LogP contribution in [0.15, 0.2) is 42.1 Å². The highest BCUT2D eigenvalue weighted by atomic mass is 32.2. The Morgan fingerprint density at radius 1 is 1.44 bits per heavy atom. The quantitative estimate of drug-likeness (QED) is 0.639. The van der Waals surface area contributed by atoms with Crippen LogP contribution >= 0.6 is 11.8 Å². The summed E-state index contributed by atoms with van der Waals surface area (Å²) in [6, 6.07) is 3.32. The standard InChI is InChI=1S/C12H13N3O2S/c16-12(17)10-2-3-11(14-8-10)18-7-1-5-15-6-4-13-9-15/h2-4,6,8-9H,1,5,7H2,(H,16,17). The van der Waals surface area contributed by atoms with Gasteiger partial charge in [0.2, 0.25) is 0 Å². The zero-order chi connectivity index (χ0) is 12.8. The Labute approximate surface area is 109 Å². The second kappa shape index (κ2) is 6.20. The molecule has 0 aliphatic rings. The molecule has 0 saturated carbocycles. The number of thioether (sulfide) groups is 1. The molecule has 0 bridgehead atoms. The maximum Gasteiger partial charge on any atom is 0.337 e. The number of aromatic nitrogens is 3. The number of aromatic carboxylic acids is 1. The first kappa shape index (κ1) is 12.6. The average molecular weight is 263 g/mol. The molecule has 94 valence electrons. The molecule has 2 aromatic heterocycles. The summed E-state index contributed by atoms with van der Waals surface area (Å²) in [5, 5.41) is 9.59. The topological polar surface area (TPSA) is 68.0 Å². The Morgan fingerprint density at radius 2 is 2.33 bits per heavy atom. The van der Waals surface area contributed by atoms with Crippen LogP contribution in [0.25, 0.3) is 0 Å². The molecule has 0 aromatic carbocycles. The Morgan fingerprint density at radius 3 is 2.94 bits per heavy atom. The second-order valence-electron chi connectivity index (χ2n) is 3.69. The van der Waals surface area contributed by atoms with E-state index in [-0.39, 0.29) is 5.56 Å². The summed E-state index contributed by atoms with van der Waals surface area (Å²) in [7, 11) is 0. The van der Waals surface area contributed by atoms with Crippen molar-refractivity contribution in [3.63, 3.8) is 0 Å². The first-order chi connectivity index (χ1) is 8.75. The number of carboxylic acids is 1. The fourth-order valence-electron chi connectivity index (χ4n) is 1.44. The number of rotatable bonds is 6. The van der Waals surface area contributed by atoms with Gasteiger partial charge in [-0.25, -0.2) is 14.8 Å². The molecular weight excluding hydrogens is 250 g/mol. The van der Waals surface area contributed by atoms with Crippen molar-refractivity contribution in [2.45, 2.75) is 18.0 Å². The minimum atomic E-state index is -0.945. The van der Waals surface area contributed by atoms with Crippen molar-refractivity contribution in [1.29, 1.82) is 0 Å². The number of hydrogen-bond acceptors (Lipinski definition) is 4. The summed E-state index contributed by atoms with van der Waals surface area (Å²) in [4.78, 5) is 18.7. The lowest BCUT2D eigenvalue weighted by molar-refractivity contribution is 0.0696. The van der Waals surface area contributed by atoms with Crippen LogP contribution in [0.2, 0.25) is 0 Å². The third kappa shape index (κ3) is 3.59. The fraction of sp³-hybridized carbons (Fsp3) is 0.250. The van der Waals surface area contributed by atoms with E-state index < -0.39 is 5.97 Å². The molecule has 0 aliphatic heterocycles. The van der Waals surface area contributed by atoms with Gasteiger partial charge in [-0.3, -0.25) is 0 Å². The Bertz CT molecular complexity index is 497. The fourth-order valence-corrected chi connectivity index (χ4v) is 2.21. The van der Waals surface area contributed by atoms with Gasteiger partial charge in [0.15, 0.2) is 0 Å². The SMILES string of the molecule is O=C(O)c1ccc(SCCCn2ccnc2)nc1. The molecule has 2 heterocycles. The van der Waals surface area contributed by atoms with Gasteiger partial charge in [-0.05, 0) is 18.6 Å². The van der Waals surface area contributed by atoms with Crippen molar-refractivity contribution < 1.29 is 9.90 Å². The van der Waals surface area contributed by atoms with Crippen LogP contribution in [0.3, 0.4) is 0 Å². The van der Waals surface area contributed by atoms with Gasteiger partial charge in [-0.15, -0.1) is 11.8 Å². The van der Waals surface area contributed by atoms with E-state index in [4.69, 9.17) is 5.11 Å². The summed E-state index contributed by atoms with van der Waals surface area (Å²) < 4.78 is 2.03. The molecule has 0 radical (unpaired) electrons. The van der Waals surface area contributed by atoms with Gasteiger partial charge >= 0.3 is 5.97 Å². The molecule has 0 atom stereocenters. The van der Waals surface area contributed by atoms with Gasteiger partial charge in [-0.1, -0.05) is 0 Å². The third-order valence-electron chi connectivity index (χ3n) is 2.35. The summed E-state index contributed by atoms with van der Waals surface area (Å²) in [5.74, 6) is -0.00316. The molecule has 0 saturated heterocycles. The number of aryl methyl sites for hydroxylation is 1. The predicted molar refractivity (Wildman–Crippen MR) is 68.8 cm³/mol. The van der Waals surface area contributed by atoms with E-state index in [0.717, 1.165) is 23.7 Å². The van der Waals surface area contributed by atoms with Crippen molar-refractivity contribution >= 4 is 17.7 Å². The van der Waals surface area contributed by atoms with E-state index in [2.05, 4.69) is 9.97 Å². The summed E-state index contributed by atoms with van der Waals surface area (Å²) in [5.41, 5.74) is 0.220. The number of carboxylic acid groups (broad SMARTS) is 1. The van der Waals surface area contributed by atoms with Gasteiger partial charge in [-0.2, -0.15) is 0 Å². The maximum absolute atomic E-state index is 10.6. The minimum absolute atomic E-state index is 0.220. The van der Waals surface area contributed by atoms with Crippen LogP contribution in [-0.4, -0.2) is 31.4 Å². The maximum atomic E-state index is 10.6. The minimum Gasteiger partial charge on any atom is -0.478 e. The molecule has 0 unspecified atom stereocenters. The van der Waals surface area contributed by atoms with Crippen LogP contribution in [-0.2, 0) is 6.54 Å². The van der Waals surface area contributed by atoms with Crippen molar-refractivity contribution in [2.75, 3.05) is 5.75 Å². The van der Waals surface area contributed by atoms with Gasteiger partial charge in [0.25, 0.3) is 0 Å². The van der Waals surface area contributed by atoms with Gasteiger partial charge in [0, 0.05) is 30.9 Å². The molecular formula is C12H13N3O2S. The van der Waals surface area contributed by atoms with Crippen LogP contribution in [0.4, 0.5) is 0 Å². The zero-order valence-corrected chi connectivity index (χ0v) is 10.5. The van der Waals surface area contributed by atoms with Crippen LogP contribution < -0.4 is 0 Å². The first-order valence-corrected chi connectivity index (χ1v) is 6.52. The highest BCUT2D eigenvalue weighted by molar-refractivity contribution is 7.99. The molecule has 2 aromatic rings. The Balaban J connectivity index is 1.75. The lowest BCUT2D eigenvalue weighted by Gasteiger charge is -2.02.